The zero-order valence-electron chi connectivity index (χ0n) is 11.4. The van der Waals surface area contributed by atoms with Crippen LogP contribution in [0.1, 0.15) is 12.8 Å². The molecule has 0 aliphatic heterocycles. The molecular formula is C11H18N2O7. The molecule has 0 saturated heterocycles. The molecule has 0 rings (SSSR count). The Morgan fingerprint density at radius 2 is 1.55 bits per heavy atom. The van der Waals surface area contributed by atoms with E-state index in [-0.39, 0.29) is 19.4 Å². The van der Waals surface area contributed by atoms with E-state index in [1.807, 2.05) is 0 Å². The van der Waals surface area contributed by atoms with Crippen molar-refractivity contribution in [3.05, 3.63) is 0 Å². The van der Waals surface area contributed by atoms with Gasteiger partial charge in [-0.3, -0.25) is 14.4 Å². The Labute approximate surface area is 115 Å². The van der Waals surface area contributed by atoms with Crippen LogP contribution in [0, 0.1) is 0 Å². The molecule has 114 valence electrons. The first-order valence-corrected chi connectivity index (χ1v) is 5.79. The molecule has 0 unspecified atom stereocenters. The molecule has 0 bridgehead atoms. The fourth-order valence-corrected chi connectivity index (χ4v) is 1.19. The number of hydrogen-bond acceptors (Lipinski definition) is 6. The third-order valence-electron chi connectivity index (χ3n) is 2.23. The number of nitrogens with one attached hydrogen (secondary N) is 1. The van der Waals surface area contributed by atoms with E-state index < -0.39 is 37.0 Å². The maximum atomic E-state index is 11.7. The van der Waals surface area contributed by atoms with Crippen molar-refractivity contribution in [2.24, 2.45) is 0 Å². The number of amides is 2. The summed E-state index contributed by atoms with van der Waals surface area (Å²) >= 11 is 0. The second-order valence-electron chi connectivity index (χ2n) is 3.74. The number of rotatable bonds is 8. The van der Waals surface area contributed by atoms with Crippen LogP contribution < -0.4 is 5.32 Å². The topological polar surface area (TPSA) is 122 Å². The fourth-order valence-electron chi connectivity index (χ4n) is 1.19. The van der Waals surface area contributed by atoms with Crippen molar-refractivity contribution >= 4 is 23.9 Å². The third kappa shape index (κ3) is 7.90. The van der Waals surface area contributed by atoms with Crippen LogP contribution in [0.4, 0.5) is 4.79 Å². The van der Waals surface area contributed by atoms with Crippen LogP contribution in [-0.2, 0) is 23.9 Å². The van der Waals surface area contributed by atoms with Crippen molar-refractivity contribution < 1.29 is 33.8 Å². The predicted octanol–water partition coefficient (Wildman–Crippen LogP) is -0.791. The first-order valence-electron chi connectivity index (χ1n) is 5.79. The van der Waals surface area contributed by atoms with Crippen molar-refractivity contribution in [1.29, 1.82) is 0 Å². The SMILES string of the molecule is COC(=O)CN(CC(=O)OC)C(=O)NCCCC(=O)O. The zero-order chi connectivity index (χ0) is 15.5. The maximum Gasteiger partial charge on any atom is 0.325 e. The van der Waals surface area contributed by atoms with Gasteiger partial charge in [-0.2, -0.15) is 0 Å². The normalized spacial score (nSPS) is 9.50. The van der Waals surface area contributed by atoms with Crippen molar-refractivity contribution in [2.75, 3.05) is 33.9 Å². The number of ether oxygens (including phenoxy) is 2. The Hall–Kier alpha value is -2.32. The van der Waals surface area contributed by atoms with E-state index in [4.69, 9.17) is 5.11 Å². The van der Waals surface area contributed by atoms with E-state index in [1.165, 1.54) is 0 Å². The molecule has 0 fully saturated rings. The van der Waals surface area contributed by atoms with Gasteiger partial charge in [-0.25, -0.2) is 4.79 Å². The van der Waals surface area contributed by atoms with Crippen molar-refractivity contribution in [2.45, 2.75) is 12.8 Å². The van der Waals surface area contributed by atoms with Crippen LogP contribution in [-0.4, -0.2) is 67.8 Å². The third-order valence-corrected chi connectivity index (χ3v) is 2.23. The van der Waals surface area contributed by atoms with Gasteiger partial charge in [-0.1, -0.05) is 0 Å². The van der Waals surface area contributed by atoms with Crippen molar-refractivity contribution in [3.63, 3.8) is 0 Å². The molecule has 9 nitrogen and oxygen atoms in total. The average Bonchev–Trinajstić information content (AvgIpc) is 2.41. The molecule has 0 atom stereocenters. The summed E-state index contributed by atoms with van der Waals surface area (Å²) in [5.41, 5.74) is 0. The first kappa shape index (κ1) is 17.7. The minimum atomic E-state index is -0.972. The number of carbonyl (C=O) groups excluding carboxylic acids is 3. The Bertz CT molecular complexity index is 352. The number of carboxylic acid groups (broad SMARTS) is 1. The number of esters is 2. The minimum absolute atomic E-state index is 0.0890. The molecule has 0 aromatic rings. The standard InChI is InChI=1S/C11H18N2O7/c1-19-9(16)6-13(7-10(17)20-2)11(18)12-5-3-4-8(14)15/h3-7H2,1-2H3,(H,12,18)(H,14,15). The first-order chi connectivity index (χ1) is 9.40. The summed E-state index contributed by atoms with van der Waals surface area (Å²) in [6, 6.07) is -0.675. The summed E-state index contributed by atoms with van der Waals surface area (Å²) in [5.74, 6) is -2.34. The highest BCUT2D eigenvalue weighted by molar-refractivity contribution is 5.85. The molecule has 20 heavy (non-hydrogen) atoms. The smallest absolute Gasteiger partial charge is 0.325 e. The van der Waals surface area contributed by atoms with Crippen molar-refractivity contribution in [1.82, 2.24) is 10.2 Å². The summed E-state index contributed by atoms with van der Waals surface area (Å²) in [7, 11) is 2.31. The molecule has 0 saturated carbocycles. The monoisotopic (exact) mass is 290 g/mol. The van der Waals surface area contributed by atoms with Gasteiger partial charge in [0.05, 0.1) is 14.2 Å². The van der Waals surface area contributed by atoms with Gasteiger partial charge >= 0.3 is 23.9 Å². The van der Waals surface area contributed by atoms with Crippen LogP contribution in [0.25, 0.3) is 0 Å². The zero-order valence-corrected chi connectivity index (χ0v) is 11.4. The predicted molar refractivity (Wildman–Crippen MR) is 65.9 cm³/mol. The average molecular weight is 290 g/mol. The van der Waals surface area contributed by atoms with Crippen LogP contribution in [0.2, 0.25) is 0 Å². The minimum Gasteiger partial charge on any atom is -0.481 e. The van der Waals surface area contributed by atoms with E-state index >= 15 is 0 Å². The van der Waals surface area contributed by atoms with Gasteiger partial charge in [-0.15, -0.1) is 0 Å². The molecule has 0 aliphatic rings. The number of carboxylic acids is 1. The fraction of sp³-hybridized carbons (Fsp3) is 0.636. The Morgan fingerprint density at radius 1 is 1.05 bits per heavy atom. The van der Waals surface area contributed by atoms with Crippen molar-refractivity contribution in [3.8, 4) is 0 Å². The quantitative estimate of drug-likeness (QED) is 0.443. The number of urea groups is 1. The molecule has 9 heteroatoms. The van der Waals surface area contributed by atoms with Gasteiger partial charge in [0.15, 0.2) is 0 Å². The second kappa shape index (κ2) is 9.59. The van der Waals surface area contributed by atoms with Crippen LogP contribution in [0.15, 0.2) is 0 Å². The number of hydrogen-bond donors (Lipinski definition) is 2. The molecule has 0 heterocycles. The lowest BCUT2D eigenvalue weighted by Gasteiger charge is -2.20. The summed E-state index contributed by atoms with van der Waals surface area (Å²) in [4.78, 5) is 45.2. The molecule has 2 N–H and O–H groups in total. The lowest BCUT2D eigenvalue weighted by atomic mass is 10.3. The summed E-state index contributed by atoms with van der Waals surface area (Å²) in [6.45, 7) is -0.698. The largest absolute Gasteiger partial charge is 0.481 e. The molecule has 0 aliphatic carbocycles. The highest BCUT2D eigenvalue weighted by Crippen LogP contribution is 1.94. The molecule has 0 aromatic heterocycles. The second-order valence-corrected chi connectivity index (χ2v) is 3.74. The highest BCUT2D eigenvalue weighted by atomic mass is 16.5. The Balaban J connectivity index is 4.35. The molecule has 0 aromatic carbocycles. The maximum absolute atomic E-state index is 11.7. The van der Waals surface area contributed by atoms with E-state index in [1.54, 1.807) is 0 Å². The van der Waals surface area contributed by atoms with Crippen LogP contribution >= 0.6 is 0 Å². The van der Waals surface area contributed by atoms with E-state index in [0.717, 1.165) is 19.1 Å². The van der Waals surface area contributed by atoms with E-state index in [9.17, 15) is 19.2 Å². The van der Waals surface area contributed by atoms with Crippen LogP contribution in [0.5, 0.6) is 0 Å². The van der Waals surface area contributed by atoms with Gasteiger partial charge in [0, 0.05) is 13.0 Å². The molecule has 0 radical (unpaired) electrons. The number of aliphatic carboxylic acids is 1. The van der Waals surface area contributed by atoms with Crippen LogP contribution in [0.3, 0.4) is 0 Å². The summed E-state index contributed by atoms with van der Waals surface area (Å²) in [5, 5.41) is 10.8. The number of carbonyl (C=O) groups is 4. The highest BCUT2D eigenvalue weighted by Gasteiger charge is 2.20. The van der Waals surface area contributed by atoms with Gasteiger partial charge in [0.1, 0.15) is 13.1 Å². The summed E-state index contributed by atoms with van der Waals surface area (Å²) in [6.07, 6.45) is 0.152. The summed E-state index contributed by atoms with van der Waals surface area (Å²) < 4.78 is 8.83. The van der Waals surface area contributed by atoms with E-state index in [0.29, 0.717) is 0 Å². The Kier molecular flexibility index (Phi) is 8.48. The van der Waals surface area contributed by atoms with E-state index in [2.05, 4.69) is 14.8 Å². The van der Waals surface area contributed by atoms with Gasteiger partial charge in [0.25, 0.3) is 0 Å². The van der Waals surface area contributed by atoms with Gasteiger partial charge < -0.3 is 24.8 Å². The molecular weight excluding hydrogens is 272 g/mol. The number of methoxy groups -OCH3 is 2. The Morgan fingerprint density at radius 3 is 1.95 bits per heavy atom. The lowest BCUT2D eigenvalue weighted by Crippen LogP contribution is -2.46. The van der Waals surface area contributed by atoms with Gasteiger partial charge in [0.2, 0.25) is 0 Å². The lowest BCUT2D eigenvalue weighted by molar-refractivity contribution is -0.144. The molecule has 2 amide bonds. The molecule has 0 spiro atoms. The van der Waals surface area contributed by atoms with Gasteiger partial charge in [-0.05, 0) is 6.42 Å². The number of nitrogens with zero attached hydrogens (tertiary/aromatic N) is 1.